The Morgan fingerprint density at radius 3 is 2.55 bits per heavy atom. The summed E-state index contributed by atoms with van der Waals surface area (Å²) in [6, 6.07) is 15.2. The van der Waals surface area contributed by atoms with Gasteiger partial charge in [0.1, 0.15) is 12.1 Å². The van der Waals surface area contributed by atoms with Crippen LogP contribution < -0.4 is 10.1 Å². The highest BCUT2D eigenvalue weighted by Crippen LogP contribution is 2.24. The van der Waals surface area contributed by atoms with E-state index in [1.807, 2.05) is 30.3 Å². The van der Waals surface area contributed by atoms with Crippen LogP contribution in [-0.4, -0.2) is 57.8 Å². The number of benzene rings is 2. The smallest absolute Gasteiger partial charge is 0.251 e. The number of aromatic nitrogens is 4. The van der Waals surface area contributed by atoms with E-state index in [0.717, 1.165) is 30.1 Å². The van der Waals surface area contributed by atoms with Gasteiger partial charge in [-0.1, -0.05) is 26.0 Å². The van der Waals surface area contributed by atoms with Gasteiger partial charge in [-0.15, -0.1) is 5.10 Å². The number of methoxy groups -OCH3 is 1. The summed E-state index contributed by atoms with van der Waals surface area (Å²) < 4.78 is 6.91. The van der Waals surface area contributed by atoms with E-state index in [2.05, 4.69) is 45.7 Å². The maximum atomic E-state index is 12.7. The molecule has 1 heterocycles. The number of amides is 1. The van der Waals surface area contributed by atoms with Crippen molar-refractivity contribution < 1.29 is 9.53 Å². The van der Waals surface area contributed by atoms with Crippen LogP contribution in [-0.2, 0) is 0 Å². The Morgan fingerprint density at radius 1 is 1.17 bits per heavy atom. The second-order valence-corrected chi connectivity index (χ2v) is 6.52. The Morgan fingerprint density at radius 2 is 1.93 bits per heavy atom. The first-order valence-electron chi connectivity index (χ1n) is 9.65. The van der Waals surface area contributed by atoms with Crippen LogP contribution in [0.4, 0.5) is 0 Å². The number of likely N-dealkylation sites (N-methyl/N-ethyl adjacent to an activating group) is 1. The van der Waals surface area contributed by atoms with E-state index in [4.69, 9.17) is 4.74 Å². The minimum absolute atomic E-state index is 0.0598. The minimum atomic E-state index is -0.117. The number of tetrazole rings is 1. The second kappa shape index (κ2) is 9.79. The summed E-state index contributed by atoms with van der Waals surface area (Å²) in [6.45, 7) is 6.51. The summed E-state index contributed by atoms with van der Waals surface area (Å²) in [7, 11) is 1.66. The molecule has 0 aliphatic rings. The highest BCUT2D eigenvalue weighted by Gasteiger charge is 2.20. The first kappa shape index (κ1) is 20.5. The van der Waals surface area contributed by atoms with Crippen molar-refractivity contribution in [2.45, 2.75) is 19.9 Å². The topological polar surface area (TPSA) is 85.2 Å². The average molecular weight is 394 g/mol. The van der Waals surface area contributed by atoms with Crippen LogP contribution in [0.1, 0.15) is 35.8 Å². The maximum absolute atomic E-state index is 12.7. The van der Waals surface area contributed by atoms with Crippen molar-refractivity contribution in [2.24, 2.45) is 0 Å². The zero-order valence-electron chi connectivity index (χ0n) is 16.9. The minimum Gasteiger partial charge on any atom is -0.497 e. The number of nitrogens with zero attached hydrogens (tertiary/aromatic N) is 5. The third-order valence-electron chi connectivity index (χ3n) is 4.93. The number of nitrogens with one attached hydrogen (secondary N) is 1. The van der Waals surface area contributed by atoms with Crippen molar-refractivity contribution in [2.75, 3.05) is 26.7 Å². The Balaban J connectivity index is 1.72. The van der Waals surface area contributed by atoms with Crippen LogP contribution in [0, 0.1) is 0 Å². The van der Waals surface area contributed by atoms with Gasteiger partial charge in [0.05, 0.1) is 18.8 Å². The van der Waals surface area contributed by atoms with Gasteiger partial charge in [0.15, 0.2) is 0 Å². The highest BCUT2D eigenvalue weighted by molar-refractivity contribution is 5.94. The Hall–Kier alpha value is -3.26. The van der Waals surface area contributed by atoms with Gasteiger partial charge in [0, 0.05) is 12.1 Å². The fourth-order valence-electron chi connectivity index (χ4n) is 3.31. The Labute approximate surface area is 170 Å². The first-order chi connectivity index (χ1) is 14.2. The Bertz CT molecular complexity index is 907. The largest absolute Gasteiger partial charge is 0.497 e. The molecule has 1 unspecified atom stereocenters. The molecule has 0 aliphatic carbocycles. The molecule has 0 saturated carbocycles. The predicted molar refractivity (Wildman–Crippen MR) is 110 cm³/mol. The number of rotatable bonds is 9. The van der Waals surface area contributed by atoms with Crippen LogP contribution in [0.2, 0.25) is 0 Å². The highest BCUT2D eigenvalue weighted by atomic mass is 16.5. The molecule has 3 rings (SSSR count). The molecule has 1 atom stereocenters. The quantitative estimate of drug-likeness (QED) is 0.600. The number of ether oxygens (including phenoxy) is 1. The molecule has 3 aromatic rings. The van der Waals surface area contributed by atoms with Crippen molar-refractivity contribution in [1.29, 1.82) is 0 Å². The van der Waals surface area contributed by atoms with E-state index in [9.17, 15) is 4.79 Å². The van der Waals surface area contributed by atoms with Gasteiger partial charge in [-0.05, 0) is 65.5 Å². The molecular weight excluding hydrogens is 368 g/mol. The van der Waals surface area contributed by atoms with Crippen molar-refractivity contribution >= 4 is 5.91 Å². The summed E-state index contributed by atoms with van der Waals surface area (Å²) in [6.07, 6.45) is 1.51. The third-order valence-corrected chi connectivity index (χ3v) is 4.93. The lowest BCUT2D eigenvalue weighted by Gasteiger charge is -2.30. The molecule has 0 aliphatic heterocycles. The van der Waals surface area contributed by atoms with E-state index in [0.29, 0.717) is 12.1 Å². The van der Waals surface area contributed by atoms with Crippen LogP contribution in [0.25, 0.3) is 5.69 Å². The van der Waals surface area contributed by atoms with E-state index >= 15 is 0 Å². The molecule has 0 radical (unpaired) electrons. The Kier molecular flexibility index (Phi) is 6.91. The maximum Gasteiger partial charge on any atom is 0.251 e. The van der Waals surface area contributed by atoms with E-state index in [-0.39, 0.29) is 11.9 Å². The van der Waals surface area contributed by atoms with Crippen molar-refractivity contribution in [3.8, 4) is 11.4 Å². The summed E-state index contributed by atoms with van der Waals surface area (Å²) in [5, 5.41) is 14.2. The fourth-order valence-corrected chi connectivity index (χ4v) is 3.31. The SMILES string of the molecule is CCN(CC)C(CNC(=O)c1ccc(-n2cnnn2)cc1)c1cccc(OC)c1. The molecule has 0 saturated heterocycles. The van der Waals surface area contributed by atoms with Crippen LogP contribution in [0.3, 0.4) is 0 Å². The zero-order valence-corrected chi connectivity index (χ0v) is 16.9. The normalized spacial score (nSPS) is 12.0. The van der Waals surface area contributed by atoms with Crippen LogP contribution in [0.5, 0.6) is 5.75 Å². The summed E-state index contributed by atoms with van der Waals surface area (Å²) in [5.41, 5.74) is 2.50. The predicted octanol–water partition coefficient (Wildman–Crippen LogP) is 2.48. The van der Waals surface area contributed by atoms with Crippen molar-refractivity contribution in [3.05, 3.63) is 66.0 Å². The molecule has 0 fully saturated rings. The lowest BCUT2D eigenvalue weighted by molar-refractivity contribution is 0.0935. The molecular formula is C21H26N6O2. The molecule has 1 amide bonds. The summed E-state index contributed by atoms with van der Waals surface area (Å²) in [4.78, 5) is 15.0. The van der Waals surface area contributed by atoms with Crippen LogP contribution in [0.15, 0.2) is 54.9 Å². The number of hydrogen-bond acceptors (Lipinski definition) is 6. The van der Waals surface area contributed by atoms with Gasteiger partial charge in [-0.25, -0.2) is 4.68 Å². The lowest BCUT2D eigenvalue weighted by Crippen LogP contribution is -2.38. The third kappa shape index (κ3) is 4.97. The average Bonchev–Trinajstić information content (AvgIpc) is 3.31. The van der Waals surface area contributed by atoms with Gasteiger partial charge >= 0.3 is 0 Å². The molecule has 8 heteroatoms. The molecule has 152 valence electrons. The second-order valence-electron chi connectivity index (χ2n) is 6.52. The fraction of sp³-hybridized carbons (Fsp3) is 0.333. The van der Waals surface area contributed by atoms with Crippen molar-refractivity contribution in [1.82, 2.24) is 30.4 Å². The standard InChI is InChI=1S/C21H26N6O2/c1-4-26(5-2)20(17-7-6-8-19(13-17)29-3)14-22-21(28)16-9-11-18(12-10-16)27-15-23-24-25-27/h6-13,15,20H,4-5,14H2,1-3H3,(H,22,28). The van der Waals surface area contributed by atoms with E-state index in [1.165, 1.54) is 6.33 Å². The molecule has 8 nitrogen and oxygen atoms in total. The van der Waals surface area contributed by atoms with E-state index in [1.54, 1.807) is 23.9 Å². The molecule has 1 aromatic heterocycles. The van der Waals surface area contributed by atoms with Crippen molar-refractivity contribution in [3.63, 3.8) is 0 Å². The lowest BCUT2D eigenvalue weighted by atomic mass is 10.0. The molecule has 2 aromatic carbocycles. The number of hydrogen-bond donors (Lipinski definition) is 1. The van der Waals surface area contributed by atoms with Gasteiger partial charge in [0.2, 0.25) is 0 Å². The molecule has 29 heavy (non-hydrogen) atoms. The molecule has 1 N–H and O–H groups in total. The first-order valence-corrected chi connectivity index (χ1v) is 9.65. The van der Waals surface area contributed by atoms with Gasteiger partial charge in [0.25, 0.3) is 5.91 Å². The molecule has 0 spiro atoms. The van der Waals surface area contributed by atoms with Crippen LogP contribution >= 0.6 is 0 Å². The van der Waals surface area contributed by atoms with Gasteiger partial charge in [-0.2, -0.15) is 0 Å². The zero-order chi connectivity index (χ0) is 20.6. The molecule has 0 bridgehead atoms. The number of carbonyl (C=O) groups excluding carboxylic acids is 1. The summed E-state index contributed by atoms with van der Waals surface area (Å²) >= 11 is 0. The van der Waals surface area contributed by atoms with E-state index < -0.39 is 0 Å². The van der Waals surface area contributed by atoms with Gasteiger partial charge < -0.3 is 10.1 Å². The summed E-state index contributed by atoms with van der Waals surface area (Å²) in [5.74, 6) is 0.692. The monoisotopic (exact) mass is 394 g/mol. The number of carbonyl (C=O) groups is 1. The van der Waals surface area contributed by atoms with Gasteiger partial charge in [-0.3, -0.25) is 9.69 Å².